The maximum atomic E-state index is 13.0. The van der Waals surface area contributed by atoms with Gasteiger partial charge in [-0.25, -0.2) is 4.39 Å². The Morgan fingerprint density at radius 2 is 2.11 bits per heavy atom. The first-order valence-corrected chi connectivity index (χ1v) is 5.74. The molecule has 1 amide bonds. The molecule has 5 heteroatoms. The number of aromatic nitrogens is 1. The Hall–Kier alpha value is -2.43. The number of nitrogens with zero attached hydrogens (tertiary/aromatic N) is 2. The molecular formula is C14H14FN3O. The number of rotatable bonds is 2. The standard InChI is InChI=1S/C14H14FN3O/c1-9-7-10(15)3-4-11(9)14(19)18(2)13-5-6-17-8-12(13)16/h3-8H,16H2,1-2H3. The summed E-state index contributed by atoms with van der Waals surface area (Å²) >= 11 is 0. The number of pyridine rings is 1. The summed E-state index contributed by atoms with van der Waals surface area (Å²) < 4.78 is 13.0. The maximum absolute atomic E-state index is 13.0. The van der Waals surface area contributed by atoms with Crippen molar-refractivity contribution in [3.05, 3.63) is 53.6 Å². The monoisotopic (exact) mass is 259 g/mol. The topological polar surface area (TPSA) is 59.2 Å². The highest BCUT2D eigenvalue weighted by molar-refractivity contribution is 6.07. The molecular weight excluding hydrogens is 245 g/mol. The van der Waals surface area contributed by atoms with E-state index < -0.39 is 0 Å². The summed E-state index contributed by atoms with van der Waals surface area (Å²) in [4.78, 5) is 17.7. The molecule has 0 radical (unpaired) electrons. The van der Waals surface area contributed by atoms with Gasteiger partial charge in [-0.1, -0.05) is 0 Å². The molecule has 1 aromatic heterocycles. The molecule has 0 aliphatic heterocycles. The fourth-order valence-corrected chi connectivity index (χ4v) is 1.86. The fraction of sp³-hybridized carbons (Fsp3) is 0.143. The van der Waals surface area contributed by atoms with Crippen molar-refractivity contribution in [1.29, 1.82) is 0 Å². The SMILES string of the molecule is Cc1cc(F)ccc1C(=O)N(C)c1ccncc1N. The van der Waals surface area contributed by atoms with Gasteiger partial charge in [0.15, 0.2) is 0 Å². The summed E-state index contributed by atoms with van der Waals surface area (Å²) in [7, 11) is 1.62. The second kappa shape index (κ2) is 5.06. The Kier molecular flexibility index (Phi) is 3.46. The van der Waals surface area contributed by atoms with Gasteiger partial charge in [0.05, 0.1) is 17.6 Å². The van der Waals surface area contributed by atoms with E-state index in [1.807, 2.05) is 0 Å². The van der Waals surface area contributed by atoms with Crippen LogP contribution in [0.2, 0.25) is 0 Å². The third kappa shape index (κ3) is 2.54. The van der Waals surface area contributed by atoms with Crippen molar-refractivity contribution in [2.24, 2.45) is 0 Å². The highest BCUT2D eigenvalue weighted by atomic mass is 19.1. The van der Waals surface area contributed by atoms with Gasteiger partial charge in [0, 0.05) is 18.8 Å². The number of halogens is 1. The second-order valence-electron chi connectivity index (χ2n) is 4.26. The first-order chi connectivity index (χ1) is 9.00. The van der Waals surface area contributed by atoms with Crippen LogP contribution in [0.25, 0.3) is 0 Å². The summed E-state index contributed by atoms with van der Waals surface area (Å²) in [6.07, 6.45) is 3.05. The zero-order valence-electron chi connectivity index (χ0n) is 10.7. The molecule has 19 heavy (non-hydrogen) atoms. The van der Waals surface area contributed by atoms with E-state index in [4.69, 9.17) is 5.73 Å². The molecule has 0 unspecified atom stereocenters. The van der Waals surface area contributed by atoms with Gasteiger partial charge >= 0.3 is 0 Å². The van der Waals surface area contributed by atoms with Crippen LogP contribution in [-0.2, 0) is 0 Å². The van der Waals surface area contributed by atoms with E-state index in [1.54, 1.807) is 26.2 Å². The lowest BCUT2D eigenvalue weighted by Crippen LogP contribution is -2.27. The van der Waals surface area contributed by atoms with Crippen molar-refractivity contribution in [3.8, 4) is 0 Å². The summed E-state index contributed by atoms with van der Waals surface area (Å²) in [5, 5.41) is 0. The van der Waals surface area contributed by atoms with Gasteiger partial charge in [0.2, 0.25) is 0 Å². The predicted octanol–water partition coefficient (Wildman–Crippen LogP) is 2.39. The van der Waals surface area contributed by atoms with E-state index in [2.05, 4.69) is 4.98 Å². The van der Waals surface area contributed by atoms with Crippen LogP contribution in [0.3, 0.4) is 0 Å². The van der Waals surface area contributed by atoms with Gasteiger partial charge in [-0.05, 0) is 36.8 Å². The van der Waals surface area contributed by atoms with E-state index in [-0.39, 0.29) is 11.7 Å². The predicted molar refractivity (Wildman–Crippen MR) is 72.5 cm³/mol. The zero-order chi connectivity index (χ0) is 14.0. The second-order valence-corrected chi connectivity index (χ2v) is 4.26. The van der Waals surface area contributed by atoms with Gasteiger partial charge < -0.3 is 10.6 Å². The lowest BCUT2D eigenvalue weighted by molar-refractivity contribution is 0.0992. The number of anilines is 2. The van der Waals surface area contributed by atoms with Crippen molar-refractivity contribution in [3.63, 3.8) is 0 Å². The molecule has 2 N–H and O–H groups in total. The Labute approximate surface area is 110 Å². The molecule has 1 heterocycles. The van der Waals surface area contributed by atoms with Crippen molar-refractivity contribution < 1.29 is 9.18 Å². The van der Waals surface area contributed by atoms with Gasteiger partial charge in [0.25, 0.3) is 5.91 Å². The average Bonchev–Trinajstić information content (AvgIpc) is 2.38. The molecule has 0 saturated heterocycles. The van der Waals surface area contributed by atoms with Crippen LogP contribution in [0.15, 0.2) is 36.7 Å². The van der Waals surface area contributed by atoms with Crippen molar-refractivity contribution in [2.75, 3.05) is 17.7 Å². The minimum absolute atomic E-state index is 0.240. The average molecular weight is 259 g/mol. The molecule has 1 aromatic carbocycles. The number of amides is 1. The largest absolute Gasteiger partial charge is 0.396 e. The first kappa shape index (κ1) is 13.0. The van der Waals surface area contributed by atoms with Crippen LogP contribution in [-0.4, -0.2) is 17.9 Å². The Bertz CT molecular complexity index is 628. The molecule has 2 aromatic rings. The lowest BCUT2D eigenvalue weighted by atomic mass is 10.1. The van der Waals surface area contributed by atoms with Gasteiger partial charge in [-0.15, -0.1) is 0 Å². The van der Waals surface area contributed by atoms with E-state index in [1.165, 1.54) is 29.3 Å². The molecule has 98 valence electrons. The fourth-order valence-electron chi connectivity index (χ4n) is 1.86. The number of carbonyl (C=O) groups excluding carboxylic acids is 1. The summed E-state index contributed by atoms with van der Waals surface area (Å²) in [5.74, 6) is -0.601. The van der Waals surface area contributed by atoms with E-state index in [0.29, 0.717) is 22.5 Å². The maximum Gasteiger partial charge on any atom is 0.258 e. The Balaban J connectivity index is 2.37. The molecule has 0 aliphatic rings. The molecule has 0 fully saturated rings. The molecule has 0 atom stereocenters. The van der Waals surface area contributed by atoms with Crippen LogP contribution < -0.4 is 10.6 Å². The number of carbonyl (C=O) groups is 1. The van der Waals surface area contributed by atoms with Gasteiger partial charge in [0.1, 0.15) is 5.82 Å². The highest BCUT2D eigenvalue weighted by Gasteiger charge is 2.17. The third-order valence-corrected chi connectivity index (χ3v) is 2.91. The molecule has 0 spiro atoms. The normalized spacial score (nSPS) is 10.3. The van der Waals surface area contributed by atoms with E-state index in [9.17, 15) is 9.18 Å². The minimum Gasteiger partial charge on any atom is -0.396 e. The number of aryl methyl sites for hydroxylation is 1. The molecule has 0 saturated carbocycles. The lowest BCUT2D eigenvalue weighted by Gasteiger charge is -2.19. The van der Waals surface area contributed by atoms with Crippen molar-refractivity contribution in [1.82, 2.24) is 4.98 Å². The van der Waals surface area contributed by atoms with Gasteiger partial charge in [-0.2, -0.15) is 0 Å². The zero-order valence-corrected chi connectivity index (χ0v) is 10.7. The van der Waals surface area contributed by atoms with Crippen molar-refractivity contribution in [2.45, 2.75) is 6.92 Å². The molecule has 0 aliphatic carbocycles. The van der Waals surface area contributed by atoms with Crippen LogP contribution in [0, 0.1) is 12.7 Å². The van der Waals surface area contributed by atoms with Gasteiger partial charge in [-0.3, -0.25) is 9.78 Å². The Morgan fingerprint density at radius 3 is 2.74 bits per heavy atom. The number of benzene rings is 1. The highest BCUT2D eigenvalue weighted by Crippen LogP contribution is 2.22. The quantitative estimate of drug-likeness (QED) is 0.900. The summed E-state index contributed by atoms with van der Waals surface area (Å²) in [6.45, 7) is 1.69. The van der Waals surface area contributed by atoms with E-state index in [0.717, 1.165) is 0 Å². The number of nitrogen functional groups attached to an aromatic ring is 1. The number of hydrogen-bond acceptors (Lipinski definition) is 3. The molecule has 2 rings (SSSR count). The first-order valence-electron chi connectivity index (χ1n) is 5.74. The van der Waals surface area contributed by atoms with Crippen LogP contribution in [0.4, 0.5) is 15.8 Å². The smallest absolute Gasteiger partial charge is 0.258 e. The van der Waals surface area contributed by atoms with Crippen LogP contribution in [0.1, 0.15) is 15.9 Å². The van der Waals surface area contributed by atoms with E-state index >= 15 is 0 Å². The van der Waals surface area contributed by atoms with Crippen molar-refractivity contribution >= 4 is 17.3 Å². The molecule has 0 bridgehead atoms. The Morgan fingerprint density at radius 1 is 1.37 bits per heavy atom. The third-order valence-electron chi connectivity index (χ3n) is 2.91. The summed E-state index contributed by atoms with van der Waals surface area (Å²) in [6, 6.07) is 5.73. The number of nitrogens with two attached hydrogens (primary N) is 1. The summed E-state index contributed by atoms with van der Waals surface area (Å²) in [5.41, 5.74) is 7.80. The minimum atomic E-state index is -0.361. The van der Waals surface area contributed by atoms with Crippen LogP contribution >= 0.6 is 0 Å². The number of hydrogen-bond donors (Lipinski definition) is 1. The molecule has 4 nitrogen and oxygen atoms in total. The van der Waals surface area contributed by atoms with Crippen LogP contribution in [0.5, 0.6) is 0 Å².